The quantitative estimate of drug-likeness (QED) is 0.124. The van der Waals surface area contributed by atoms with Crippen molar-refractivity contribution in [3.8, 4) is 12.3 Å². The third-order valence-corrected chi connectivity index (χ3v) is 6.86. The number of carbonyl (C=O) groups excluding carboxylic acids is 5. The van der Waals surface area contributed by atoms with Crippen LogP contribution in [-0.4, -0.2) is 79.1 Å². The summed E-state index contributed by atoms with van der Waals surface area (Å²) in [6.45, 7) is 14.3. The lowest BCUT2D eigenvalue weighted by atomic mass is 9.85. The monoisotopic (exact) mass is 557 g/mol. The van der Waals surface area contributed by atoms with E-state index in [0.29, 0.717) is 12.5 Å². The summed E-state index contributed by atoms with van der Waals surface area (Å²) < 4.78 is 0. The summed E-state index contributed by atoms with van der Waals surface area (Å²) >= 11 is 0. The average molecular weight is 558 g/mol. The number of nitrogens with one attached hydrogen (secondary N) is 4. The van der Waals surface area contributed by atoms with Crippen molar-refractivity contribution in [2.75, 3.05) is 26.7 Å². The SMILES string of the molecule is C#CC=C(C=CC)C(=O)NC(C(=O)NC(C)C(=O)NC(C(=O)C(=O)NCC1CCN(C)CC1)C(C)C)C(C)(C)C. The van der Waals surface area contributed by atoms with Crippen molar-refractivity contribution in [2.45, 2.75) is 79.4 Å². The maximum atomic E-state index is 13.2. The van der Waals surface area contributed by atoms with Crippen LogP contribution in [0, 0.1) is 29.6 Å². The van der Waals surface area contributed by atoms with Gasteiger partial charge in [-0.1, -0.05) is 52.7 Å². The lowest BCUT2D eigenvalue weighted by Crippen LogP contribution is -2.59. The first kappa shape index (κ1) is 34.6. The number of hydrogen-bond donors (Lipinski definition) is 4. The van der Waals surface area contributed by atoms with Gasteiger partial charge in [0.15, 0.2) is 0 Å². The Labute approximate surface area is 239 Å². The van der Waals surface area contributed by atoms with Crippen molar-refractivity contribution in [1.29, 1.82) is 0 Å². The van der Waals surface area contributed by atoms with Crippen LogP contribution >= 0.6 is 0 Å². The molecule has 0 saturated carbocycles. The third kappa shape index (κ3) is 11.0. The van der Waals surface area contributed by atoms with Crippen LogP contribution in [0.15, 0.2) is 23.8 Å². The number of rotatable bonds is 12. The van der Waals surface area contributed by atoms with Crippen LogP contribution in [0.2, 0.25) is 0 Å². The van der Waals surface area contributed by atoms with Crippen molar-refractivity contribution >= 4 is 29.4 Å². The number of piperidine rings is 1. The molecule has 1 aliphatic heterocycles. The summed E-state index contributed by atoms with van der Waals surface area (Å²) in [6.07, 6.45) is 11.7. The molecule has 0 radical (unpaired) electrons. The van der Waals surface area contributed by atoms with E-state index in [4.69, 9.17) is 6.42 Å². The molecular formula is C30H47N5O5. The molecule has 1 saturated heterocycles. The minimum absolute atomic E-state index is 0.213. The van der Waals surface area contributed by atoms with Crippen LogP contribution in [0.1, 0.15) is 61.3 Å². The number of Topliss-reactive ketones (excluding diaryl/α,β-unsaturated/α-hetero) is 1. The lowest BCUT2D eigenvalue weighted by Gasteiger charge is -2.31. The van der Waals surface area contributed by atoms with Gasteiger partial charge in [-0.05, 0) is 64.1 Å². The first-order valence-electron chi connectivity index (χ1n) is 13.8. The molecule has 10 nitrogen and oxygen atoms in total. The topological polar surface area (TPSA) is 137 Å². The zero-order valence-corrected chi connectivity index (χ0v) is 25.2. The highest BCUT2D eigenvalue weighted by atomic mass is 16.2. The number of carbonyl (C=O) groups is 5. The lowest BCUT2D eigenvalue weighted by molar-refractivity contribution is -0.141. The van der Waals surface area contributed by atoms with Crippen LogP contribution in [0.5, 0.6) is 0 Å². The molecule has 10 heteroatoms. The van der Waals surface area contributed by atoms with E-state index in [1.54, 1.807) is 47.6 Å². The van der Waals surface area contributed by atoms with E-state index < -0.39 is 53.0 Å². The molecule has 0 aliphatic carbocycles. The van der Waals surface area contributed by atoms with Crippen molar-refractivity contribution in [1.82, 2.24) is 26.2 Å². The number of likely N-dealkylation sites (tertiary alicyclic amines) is 1. The molecule has 1 heterocycles. The molecule has 40 heavy (non-hydrogen) atoms. The van der Waals surface area contributed by atoms with Gasteiger partial charge >= 0.3 is 0 Å². The van der Waals surface area contributed by atoms with Gasteiger partial charge in [0, 0.05) is 18.2 Å². The molecule has 0 aromatic rings. The third-order valence-electron chi connectivity index (χ3n) is 6.86. The van der Waals surface area contributed by atoms with Gasteiger partial charge in [0.05, 0.1) is 6.04 Å². The highest BCUT2D eigenvalue weighted by Crippen LogP contribution is 2.20. The fourth-order valence-electron chi connectivity index (χ4n) is 4.26. The second kappa shape index (κ2) is 16.0. The Morgan fingerprint density at radius 2 is 1.57 bits per heavy atom. The van der Waals surface area contributed by atoms with Crippen LogP contribution in [0.25, 0.3) is 0 Å². The molecule has 3 atom stereocenters. The largest absolute Gasteiger partial charge is 0.349 e. The van der Waals surface area contributed by atoms with E-state index in [-0.39, 0.29) is 11.5 Å². The molecule has 0 spiro atoms. The Kier molecular flexibility index (Phi) is 13.8. The molecule has 1 aliphatic rings. The Morgan fingerprint density at radius 3 is 2.08 bits per heavy atom. The fourth-order valence-corrected chi connectivity index (χ4v) is 4.26. The van der Waals surface area contributed by atoms with Crippen LogP contribution in [-0.2, 0) is 24.0 Å². The zero-order chi connectivity index (χ0) is 30.6. The summed E-state index contributed by atoms with van der Waals surface area (Å²) in [5.41, 5.74) is -0.486. The molecule has 0 bridgehead atoms. The number of amides is 4. The van der Waals surface area contributed by atoms with Crippen molar-refractivity contribution in [2.24, 2.45) is 17.3 Å². The van der Waals surface area contributed by atoms with E-state index >= 15 is 0 Å². The van der Waals surface area contributed by atoms with Gasteiger partial charge in [0.25, 0.3) is 11.8 Å². The number of ketones is 1. The van der Waals surface area contributed by atoms with Gasteiger partial charge in [-0.3, -0.25) is 24.0 Å². The van der Waals surface area contributed by atoms with Gasteiger partial charge in [-0.25, -0.2) is 0 Å². The minimum atomic E-state index is -1.06. The molecule has 0 aromatic carbocycles. The summed E-state index contributed by atoms with van der Waals surface area (Å²) in [4.78, 5) is 66.7. The van der Waals surface area contributed by atoms with Crippen LogP contribution in [0.4, 0.5) is 0 Å². The molecule has 222 valence electrons. The predicted molar refractivity (Wildman–Crippen MR) is 156 cm³/mol. The Bertz CT molecular complexity index is 1030. The van der Waals surface area contributed by atoms with Crippen LogP contribution < -0.4 is 21.3 Å². The van der Waals surface area contributed by atoms with Gasteiger partial charge in [-0.2, -0.15) is 0 Å². The highest BCUT2D eigenvalue weighted by Gasteiger charge is 2.36. The van der Waals surface area contributed by atoms with E-state index in [9.17, 15) is 24.0 Å². The summed E-state index contributed by atoms with van der Waals surface area (Å²) in [5, 5.41) is 10.7. The second-order valence-corrected chi connectivity index (χ2v) is 11.8. The molecule has 3 unspecified atom stereocenters. The smallest absolute Gasteiger partial charge is 0.289 e. The standard InChI is InChI=1S/C30H47N5O5/c1-10-12-22(13-11-2)27(38)34-25(30(6,7)8)29(40)32-20(5)26(37)33-23(19(3)4)24(36)28(39)31-18-21-14-16-35(9)17-15-21/h1,11-13,19-21,23,25H,14-18H2,2-9H3,(H,31,39)(H,32,40)(H,33,37)(H,34,38). The Hall–Kier alpha value is -3.45. The first-order valence-corrected chi connectivity index (χ1v) is 13.8. The maximum absolute atomic E-state index is 13.2. The summed E-state index contributed by atoms with van der Waals surface area (Å²) in [5.74, 6) is -0.933. The van der Waals surface area contributed by atoms with Crippen LogP contribution in [0.3, 0.4) is 0 Å². The molecule has 1 rings (SSSR count). The van der Waals surface area contributed by atoms with E-state index in [2.05, 4.69) is 39.1 Å². The minimum Gasteiger partial charge on any atom is -0.349 e. The van der Waals surface area contributed by atoms with E-state index in [0.717, 1.165) is 25.9 Å². The van der Waals surface area contributed by atoms with Gasteiger partial charge < -0.3 is 26.2 Å². The Balaban J connectivity index is 2.85. The van der Waals surface area contributed by atoms with Crippen molar-refractivity contribution in [3.05, 3.63) is 23.8 Å². The molecular weight excluding hydrogens is 510 g/mol. The zero-order valence-electron chi connectivity index (χ0n) is 25.2. The number of terminal acetylenes is 1. The van der Waals surface area contributed by atoms with Gasteiger partial charge in [-0.15, -0.1) is 6.42 Å². The maximum Gasteiger partial charge on any atom is 0.289 e. The summed E-state index contributed by atoms with van der Waals surface area (Å²) in [7, 11) is 2.05. The number of hydrogen-bond acceptors (Lipinski definition) is 6. The van der Waals surface area contributed by atoms with E-state index in [1.807, 2.05) is 0 Å². The Morgan fingerprint density at radius 1 is 0.975 bits per heavy atom. The molecule has 0 aromatic heterocycles. The van der Waals surface area contributed by atoms with Crippen molar-refractivity contribution in [3.63, 3.8) is 0 Å². The highest BCUT2D eigenvalue weighted by molar-refractivity contribution is 6.38. The fraction of sp³-hybridized carbons (Fsp3) is 0.633. The first-order chi connectivity index (χ1) is 18.6. The molecule has 1 fully saturated rings. The normalized spacial score (nSPS) is 17.4. The second-order valence-electron chi connectivity index (χ2n) is 11.8. The number of nitrogens with zero attached hydrogens (tertiary/aromatic N) is 1. The number of allylic oxidation sites excluding steroid dienone is 2. The van der Waals surface area contributed by atoms with E-state index in [1.165, 1.54) is 19.1 Å². The molecule has 4 amide bonds. The average Bonchev–Trinajstić information content (AvgIpc) is 2.87. The van der Waals surface area contributed by atoms with Crippen molar-refractivity contribution < 1.29 is 24.0 Å². The molecule has 4 N–H and O–H groups in total. The predicted octanol–water partition coefficient (Wildman–Crippen LogP) is 1.33. The van der Waals surface area contributed by atoms with Gasteiger partial charge in [0.1, 0.15) is 12.1 Å². The summed E-state index contributed by atoms with van der Waals surface area (Å²) in [6, 6.07) is -3.09. The van der Waals surface area contributed by atoms with Gasteiger partial charge in [0.2, 0.25) is 17.6 Å².